The summed E-state index contributed by atoms with van der Waals surface area (Å²) in [7, 11) is 0. The molecule has 2 aromatic rings. The van der Waals surface area contributed by atoms with Gasteiger partial charge in [-0.2, -0.15) is 0 Å². The molecule has 2 N–H and O–H groups in total. The molecular formula is C19H26N4O. The van der Waals surface area contributed by atoms with Crippen molar-refractivity contribution >= 4 is 28.8 Å². The highest BCUT2D eigenvalue weighted by atomic mass is 16.1. The second-order valence-electron chi connectivity index (χ2n) is 5.57. The molecule has 0 aliphatic heterocycles. The molecule has 0 aliphatic rings. The first-order chi connectivity index (χ1) is 11.7. The van der Waals surface area contributed by atoms with E-state index in [1.54, 1.807) is 12.3 Å². The summed E-state index contributed by atoms with van der Waals surface area (Å²) in [5.41, 5.74) is 3.12. The SMILES string of the molecule is CCCC(=O)Nc1ccc(Nc2ccc(N(CC)CC)cc2)cn1. The normalized spacial score (nSPS) is 10.3. The number of benzene rings is 1. The van der Waals surface area contributed by atoms with Crippen LogP contribution in [0, 0.1) is 0 Å². The summed E-state index contributed by atoms with van der Waals surface area (Å²) in [6.07, 6.45) is 3.06. The second kappa shape index (κ2) is 8.91. The maximum absolute atomic E-state index is 11.6. The molecule has 0 aliphatic carbocycles. The topological polar surface area (TPSA) is 57.3 Å². The van der Waals surface area contributed by atoms with Crippen molar-refractivity contribution in [1.82, 2.24) is 4.98 Å². The van der Waals surface area contributed by atoms with Crippen LogP contribution in [-0.2, 0) is 4.79 Å². The predicted octanol–water partition coefficient (Wildman–Crippen LogP) is 4.41. The standard InChI is InChI=1S/C19H26N4O/c1-4-7-19(24)22-18-13-10-16(14-20-18)21-15-8-11-17(12-9-15)23(5-2)6-3/h8-14,21H,4-7H2,1-3H3,(H,20,22,24). The molecule has 1 heterocycles. The lowest BCUT2D eigenvalue weighted by molar-refractivity contribution is -0.116. The third-order valence-electron chi connectivity index (χ3n) is 3.79. The first kappa shape index (κ1) is 17.8. The Morgan fingerprint density at radius 1 is 1.00 bits per heavy atom. The average Bonchev–Trinajstić information content (AvgIpc) is 2.59. The second-order valence-corrected chi connectivity index (χ2v) is 5.57. The van der Waals surface area contributed by atoms with Crippen LogP contribution in [0.25, 0.3) is 0 Å². The summed E-state index contributed by atoms with van der Waals surface area (Å²) in [5.74, 6) is 0.577. The van der Waals surface area contributed by atoms with Crippen molar-refractivity contribution in [1.29, 1.82) is 0 Å². The van der Waals surface area contributed by atoms with Gasteiger partial charge in [-0.1, -0.05) is 6.92 Å². The quantitative estimate of drug-likeness (QED) is 0.754. The first-order valence-corrected chi connectivity index (χ1v) is 8.54. The molecule has 5 heteroatoms. The van der Waals surface area contributed by atoms with Crippen molar-refractivity contribution in [3.63, 3.8) is 0 Å². The molecule has 0 unspecified atom stereocenters. The Morgan fingerprint density at radius 2 is 1.67 bits per heavy atom. The largest absolute Gasteiger partial charge is 0.372 e. The van der Waals surface area contributed by atoms with E-state index in [9.17, 15) is 4.79 Å². The van der Waals surface area contributed by atoms with Gasteiger partial charge in [0.1, 0.15) is 5.82 Å². The van der Waals surface area contributed by atoms with E-state index >= 15 is 0 Å². The highest BCUT2D eigenvalue weighted by molar-refractivity contribution is 5.89. The molecule has 0 spiro atoms. The van der Waals surface area contributed by atoms with Gasteiger partial charge >= 0.3 is 0 Å². The van der Waals surface area contributed by atoms with E-state index in [1.807, 2.05) is 13.0 Å². The number of aromatic nitrogens is 1. The summed E-state index contributed by atoms with van der Waals surface area (Å²) in [5, 5.41) is 6.10. The number of anilines is 4. The monoisotopic (exact) mass is 326 g/mol. The lowest BCUT2D eigenvalue weighted by Crippen LogP contribution is -2.21. The number of carbonyl (C=O) groups is 1. The Kier molecular flexibility index (Phi) is 6.61. The van der Waals surface area contributed by atoms with Gasteiger partial charge in [-0.15, -0.1) is 0 Å². The molecule has 0 fully saturated rings. The zero-order valence-electron chi connectivity index (χ0n) is 14.7. The number of hydrogen-bond donors (Lipinski definition) is 2. The smallest absolute Gasteiger partial charge is 0.225 e. The summed E-state index contributed by atoms with van der Waals surface area (Å²) in [4.78, 5) is 18.1. The van der Waals surface area contributed by atoms with Crippen LogP contribution >= 0.6 is 0 Å². The Labute approximate surface area is 144 Å². The van der Waals surface area contributed by atoms with Crippen molar-refractivity contribution in [2.75, 3.05) is 28.6 Å². The molecule has 0 saturated heterocycles. The van der Waals surface area contributed by atoms with Gasteiger partial charge in [0, 0.05) is 30.9 Å². The number of nitrogens with zero attached hydrogens (tertiary/aromatic N) is 2. The molecule has 0 saturated carbocycles. The molecule has 0 radical (unpaired) electrons. The van der Waals surface area contributed by atoms with E-state index in [0.717, 1.165) is 30.9 Å². The lowest BCUT2D eigenvalue weighted by Gasteiger charge is -2.21. The molecule has 24 heavy (non-hydrogen) atoms. The number of rotatable bonds is 8. The fourth-order valence-electron chi connectivity index (χ4n) is 2.49. The van der Waals surface area contributed by atoms with Crippen molar-refractivity contribution in [2.24, 2.45) is 0 Å². The predicted molar refractivity (Wildman–Crippen MR) is 101 cm³/mol. The summed E-state index contributed by atoms with van der Waals surface area (Å²) in [6, 6.07) is 12.1. The van der Waals surface area contributed by atoms with Crippen LogP contribution in [-0.4, -0.2) is 24.0 Å². The van der Waals surface area contributed by atoms with E-state index in [4.69, 9.17) is 0 Å². The van der Waals surface area contributed by atoms with Crippen LogP contribution in [0.1, 0.15) is 33.6 Å². The van der Waals surface area contributed by atoms with Crippen LogP contribution in [0.2, 0.25) is 0 Å². The molecule has 128 valence electrons. The van der Waals surface area contributed by atoms with Gasteiger partial charge in [0.15, 0.2) is 0 Å². The van der Waals surface area contributed by atoms with Crippen LogP contribution in [0.4, 0.5) is 22.9 Å². The maximum atomic E-state index is 11.6. The molecule has 1 aromatic carbocycles. The Hall–Kier alpha value is -2.56. The zero-order chi connectivity index (χ0) is 17.4. The Bertz CT molecular complexity index is 633. The third-order valence-corrected chi connectivity index (χ3v) is 3.79. The maximum Gasteiger partial charge on any atom is 0.225 e. The summed E-state index contributed by atoms with van der Waals surface area (Å²) < 4.78 is 0. The molecule has 1 amide bonds. The Balaban J connectivity index is 1.97. The van der Waals surface area contributed by atoms with E-state index < -0.39 is 0 Å². The van der Waals surface area contributed by atoms with Gasteiger partial charge in [-0.05, 0) is 56.7 Å². The summed E-state index contributed by atoms with van der Waals surface area (Å²) in [6.45, 7) is 8.28. The average molecular weight is 326 g/mol. The summed E-state index contributed by atoms with van der Waals surface area (Å²) >= 11 is 0. The van der Waals surface area contributed by atoms with Gasteiger partial charge in [-0.25, -0.2) is 4.98 Å². The molecular weight excluding hydrogens is 300 g/mol. The van der Waals surface area contributed by atoms with Gasteiger partial charge in [0.2, 0.25) is 5.91 Å². The fourth-order valence-corrected chi connectivity index (χ4v) is 2.49. The molecule has 0 atom stereocenters. The fraction of sp³-hybridized carbons (Fsp3) is 0.368. The van der Waals surface area contributed by atoms with E-state index in [1.165, 1.54) is 5.69 Å². The van der Waals surface area contributed by atoms with Crippen molar-refractivity contribution < 1.29 is 4.79 Å². The number of hydrogen-bond acceptors (Lipinski definition) is 4. The minimum Gasteiger partial charge on any atom is -0.372 e. The lowest BCUT2D eigenvalue weighted by atomic mass is 10.2. The van der Waals surface area contributed by atoms with Gasteiger partial charge in [-0.3, -0.25) is 4.79 Å². The minimum atomic E-state index is -0.00213. The van der Waals surface area contributed by atoms with Gasteiger partial charge < -0.3 is 15.5 Å². The highest BCUT2D eigenvalue weighted by Gasteiger charge is 2.03. The van der Waals surface area contributed by atoms with Gasteiger partial charge in [0.25, 0.3) is 0 Å². The van der Waals surface area contributed by atoms with E-state index in [0.29, 0.717) is 12.2 Å². The molecule has 2 rings (SSSR count). The molecule has 0 bridgehead atoms. The van der Waals surface area contributed by atoms with Gasteiger partial charge in [0.05, 0.1) is 11.9 Å². The van der Waals surface area contributed by atoms with Crippen molar-refractivity contribution in [3.05, 3.63) is 42.6 Å². The number of amides is 1. The number of carbonyl (C=O) groups excluding carboxylic acids is 1. The van der Waals surface area contributed by atoms with E-state index in [2.05, 4.69) is 58.6 Å². The first-order valence-electron chi connectivity index (χ1n) is 8.54. The zero-order valence-corrected chi connectivity index (χ0v) is 14.7. The van der Waals surface area contributed by atoms with E-state index in [-0.39, 0.29) is 5.91 Å². The highest BCUT2D eigenvalue weighted by Crippen LogP contribution is 2.21. The Morgan fingerprint density at radius 3 is 2.21 bits per heavy atom. The third kappa shape index (κ3) is 4.98. The van der Waals surface area contributed by atoms with Crippen molar-refractivity contribution in [3.8, 4) is 0 Å². The van der Waals surface area contributed by atoms with Crippen molar-refractivity contribution in [2.45, 2.75) is 33.6 Å². The van der Waals surface area contributed by atoms with Crippen LogP contribution < -0.4 is 15.5 Å². The van der Waals surface area contributed by atoms with Crippen LogP contribution in [0.3, 0.4) is 0 Å². The number of pyridine rings is 1. The van der Waals surface area contributed by atoms with Crippen LogP contribution in [0.15, 0.2) is 42.6 Å². The minimum absolute atomic E-state index is 0.00213. The van der Waals surface area contributed by atoms with Crippen LogP contribution in [0.5, 0.6) is 0 Å². The molecule has 1 aromatic heterocycles. The number of nitrogens with one attached hydrogen (secondary N) is 2. The molecule has 5 nitrogen and oxygen atoms in total.